The van der Waals surface area contributed by atoms with Crippen molar-refractivity contribution in [3.63, 3.8) is 0 Å². The van der Waals surface area contributed by atoms with Gasteiger partial charge in [0.05, 0.1) is 11.8 Å². The van der Waals surface area contributed by atoms with Gasteiger partial charge in [0, 0.05) is 54.4 Å². The van der Waals surface area contributed by atoms with Gasteiger partial charge in [0.1, 0.15) is 0 Å². The van der Waals surface area contributed by atoms with Crippen molar-refractivity contribution in [3.05, 3.63) is 47.6 Å². The predicted molar refractivity (Wildman–Crippen MR) is 117 cm³/mol. The third-order valence-corrected chi connectivity index (χ3v) is 6.26. The van der Waals surface area contributed by atoms with E-state index in [2.05, 4.69) is 28.1 Å². The molecule has 0 N–H and O–H groups in total. The van der Waals surface area contributed by atoms with Crippen molar-refractivity contribution in [1.29, 1.82) is 0 Å². The van der Waals surface area contributed by atoms with E-state index in [0.717, 1.165) is 42.1 Å². The zero-order valence-electron chi connectivity index (χ0n) is 17.4. The van der Waals surface area contributed by atoms with E-state index in [1.807, 2.05) is 43.9 Å². The molecule has 0 saturated carbocycles. The Balaban J connectivity index is 1.51. The molecule has 4 rings (SSSR count). The molecule has 1 amide bonds. The van der Waals surface area contributed by atoms with Crippen LogP contribution < -0.4 is 0 Å². The summed E-state index contributed by atoms with van der Waals surface area (Å²) >= 11 is 1.65. The molecule has 1 atom stereocenters. The Labute approximate surface area is 176 Å². The van der Waals surface area contributed by atoms with Crippen LogP contribution >= 0.6 is 11.3 Å². The second-order valence-electron chi connectivity index (χ2n) is 8.76. The van der Waals surface area contributed by atoms with Gasteiger partial charge in [-0.3, -0.25) is 9.20 Å². The molecule has 1 aliphatic heterocycles. The van der Waals surface area contributed by atoms with Crippen LogP contribution in [0.25, 0.3) is 16.2 Å². The fourth-order valence-electron chi connectivity index (χ4n) is 3.79. The minimum Gasteiger partial charge on any atom is -0.376 e. The summed E-state index contributed by atoms with van der Waals surface area (Å²) in [5, 5.41) is 2.16. The molecular weight excluding hydrogens is 382 g/mol. The minimum atomic E-state index is -0.391. The van der Waals surface area contributed by atoms with Gasteiger partial charge in [0.2, 0.25) is 5.91 Å². The minimum absolute atomic E-state index is 0.168. The van der Waals surface area contributed by atoms with Crippen molar-refractivity contribution in [2.45, 2.75) is 46.1 Å². The first-order valence-electron chi connectivity index (χ1n) is 10.3. The molecule has 1 saturated heterocycles. The van der Waals surface area contributed by atoms with Crippen molar-refractivity contribution in [2.75, 3.05) is 19.7 Å². The Bertz CT molecular complexity index is 965. The van der Waals surface area contributed by atoms with Gasteiger partial charge in [-0.15, -0.1) is 11.3 Å². The predicted octanol–water partition coefficient (Wildman–Crippen LogP) is 4.66. The highest BCUT2D eigenvalue weighted by molar-refractivity contribution is 7.15. The van der Waals surface area contributed by atoms with Crippen molar-refractivity contribution in [1.82, 2.24) is 14.3 Å². The molecule has 1 aromatic carbocycles. The number of benzene rings is 1. The maximum absolute atomic E-state index is 13.0. The van der Waals surface area contributed by atoms with Crippen molar-refractivity contribution in [3.8, 4) is 11.3 Å². The van der Waals surface area contributed by atoms with E-state index in [4.69, 9.17) is 9.72 Å². The highest BCUT2D eigenvalue weighted by atomic mass is 32.1. The highest BCUT2D eigenvalue weighted by Crippen LogP contribution is 2.25. The van der Waals surface area contributed by atoms with E-state index in [1.54, 1.807) is 11.3 Å². The number of nitrogens with zero attached hydrogens (tertiary/aromatic N) is 3. The molecule has 0 aliphatic carbocycles. The fraction of sp³-hybridized carbons (Fsp3) is 0.478. The van der Waals surface area contributed by atoms with E-state index >= 15 is 0 Å². The Hall–Kier alpha value is -2.18. The Morgan fingerprint density at radius 3 is 2.79 bits per heavy atom. The number of aromatic nitrogens is 2. The van der Waals surface area contributed by atoms with Gasteiger partial charge in [0.15, 0.2) is 4.96 Å². The van der Waals surface area contributed by atoms with E-state index in [1.165, 1.54) is 5.69 Å². The van der Waals surface area contributed by atoms with Gasteiger partial charge in [-0.25, -0.2) is 4.98 Å². The van der Waals surface area contributed by atoms with Crippen molar-refractivity contribution < 1.29 is 9.53 Å². The van der Waals surface area contributed by atoms with Crippen LogP contribution in [0.3, 0.4) is 0 Å². The summed E-state index contributed by atoms with van der Waals surface area (Å²) in [4.78, 5) is 20.8. The van der Waals surface area contributed by atoms with Crippen molar-refractivity contribution >= 4 is 22.2 Å². The molecule has 3 aromatic rings. The summed E-state index contributed by atoms with van der Waals surface area (Å²) in [6, 6.07) is 10.2. The summed E-state index contributed by atoms with van der Waals surface area (Å²) in [7, 11) is 0. The lowest BCUT2D eigenvalue weighted by molar-refractivity contribution is -0.141. The molecule has 1 unspecified atom stereocenters. The number of hydrogen-bond donors (Lipinski definition) is 0. The molecule has 6 heteroatoms. The number of amides is 1. The molecule has 29 heavy (non-hydrogen) atoms. The second kappa shape index (κ2) is 8.28. The molecule has 2 aromatic heterocycles. The monoisotopic (exact) mass is 411 g/mol. The molecule has 0 bridgehead atoms. The summed E-state index contributed by atoms with van der Waals surface area (Å²) in [6.45, 7) is 8.15. The van der Waals surface area contributed by atoms with Gasteiger partial charge in [0.25, 0.3) is 0 Å². The number of hydrogen-bond acceptors (Lipinski definition) is 4. The average Bonchev–Trinajstić information content (AvgIpc) is 3.42. The van der Waals surface area contributed by atoms with Crippen LogP contribution in [-0.4, -0.2) is 46.0 Å². The lowest BCUT2D eigenvalue weighted by Gasteiger charge is -2.31. The van der Waals surface area contributed by atoms with Crippen LogP contribution in [0.1, 0.15) is 39.3 Å². The first-order chi connectivity index (χ1) is 13.9. The number of ether oxygens (including phenoxy) is 1. The Morgan fingerprint density at radius 1 is 1.31 bits per heavy atom. The number of carbonyl (C=O) groups excluding carboxylic acids is 1. The molecule has 3 heterocycles. The van der Waals surface area contributed by atoms with Gasteiger partial charge >= 0.3 is 0 Å². The lowest BCUT2D eigenvalue weighted by Crippen LogP contribution is -2.44. The topological polar surface area (TPSA) is 46.8 Å². The van der Waals surface area contributed by atoms with Gasteiger partial charge < -0.3 is 9.64 Å². The van der Waals surface area contributed by atoms with E-state index < -0.39 is 5.41 Å². The number of imidazole rings is 1. The zero-order chi connectivity index (χ0) is 20.4. The summed E-state index contributed by atoms with van der Waals surface area (Å²) < 4.78 is 7.96. The van der Waals surface area contributed by atoms with E-state index in [9.17, 15) is 4.79 Å². The second-order valence-corrected chi connectivity index (χ2v) is 9.59. The van der Waals surface area contributed by atoms with Crippen molar-refractivity contribution in [2.24, 2.45) is 5.41 Å². The third-order valence-electron chi connectivity index (χ3n) is 5.37. The summed E-state index contributed by atoms with van der Waals surface area (Å²) in [5.41, 5.74) is 2.91. The van der Waals surface area contributed by atoms with Gasteiger partial charge in [-0.1, -0.05) is 51.1 Å². The molecular formula is C23H29N3O2S. The summed E-state index contributed by atoms with van der Waals surface area (Å²) in [5.74, 6) is 0.190. The molecule has 1 fully saturated rings. The zero-order valence-corrected chi connectivity index (χ0v) is 18.2. The van der Waals surface area contributed by atoms with Crippen LogP contribution in [0.4, 0.5) is 0 Å². The first-order valence-corrected chi connectivity index (χ1v) is 11.2. The fourth-order valence-corrected chi connectivity index (χ4v) is 4.70. The molecule has 1 aliphatic rings. The molecule has 0 radical (unpaired) electrons. The van der Waals surface area contributed by atoms with Crippen LogP contribution in [0.5, 0.6) is 0 Å². The largest absolute Gasteiger partial charge is 0.376 e. The number of rotatable bonds is 6. The van der Waals surface area contributed by atoms with Crippen LogP contribution in [0.2, 0.25) is 0 Å². The molecule has 0 spiro atoms. The number of thiazole rings is 1. The number of fused-ring (bicyclic) bond motifs is 1. The summed E-state index contributed by atoms with van der Waals surface area (Å²) in [6.07, 6.45) is 5.20. The van der Waals surface area contributed by atoms with Gasteiger partial charge in [-0.05, 0) is 12.8 Å². The van der Waals surface area contributed by atoms with E-state index in [0.29, 0.717) is 13.1 Å². The van der Waals surface area contributed by atoms with Crippen LogP contribution in [0, 0.1) is 5.41 Å². The first kappa shape index (κ1) is 20.1. The van der Waals surface area contributed by atoms with Crippen LogP contribution in [0.15, 0.2) is 41.9 Å². The normalized spacial score (nSPS) is 17.1. The Morgan fingerprint density at radius 2 is 2.10 bits per heavy atom. The maximum atomic E-state index is 13.0. The number of carbonyl (C=O) groups is 1. The Kier molecular flexibility index (Phi) is 5.74. The standard InChI is InChI=1S/C23H29N3O2S/c1-23(2,3)21(27)25(14-19-10-7-13-28-19)12-11-18-16-29-22-24-20(15-26(18)22)17-8-5-4-6-9-17/h4-6,8-9,15-16,19H,7,10-14H2,1-3H3. The lowest BCUT2D eigenvalue weighted by atomic mass is 9.94. The molecule has 154 valence electrons. The third kappa shape index (κ3) is 4.54. The quantitative estimate of drug-likeness (QED) is 0.593. The smallest absolute Gasteiger partial charge is 0.228 e. The van der Waals surface area contributed by atoms with E-state index in [-0.39, 0.29) is 12.0 Å². The molecule has 5 nitrogen and oxygen atoms in total. The van der Waals surface area contributed by atoms with Crippen LogP contribution in [-0.2, 0) is 16.0 Å². The maximum Gasteiger partial charge on any atom is 0.228 e. The highest BCUT2D eigenvalue weighted by Gasteiger charge is 2.30. The SMILES string of the molecule is CC(C)(C)C(=O)N(CCc1csc2nc(-c3ccccc3)cn12)CC1CCCO1. The van der Waals surface area contributed by atoms with Gasteiger partial charge in [-0.2, -0.15) is 0 Å². The average molecular weight is 412 g/mol.